The van der Waals surface area contributed by atoms with Gasteiger partial charge in [0.05, 0.1) is 0 Å². The van der Waals surface area contributed by atoms with Crippen molar-refractivity contribution < 1.29 is 9.90 Å². The van der Waals surface area contributed by atoms with Crippen molar-refractivity contribution in [2.45, 2.75) is 43.9 Å². The minimum absolute atomic E-state index is 0.139. The molecule has 1 aliphatic carbocycles. The molecule has 2 nitrogen and oxygen atoms in total. The van der Waals surface area contributed by atoms with E-state index in [1.807, 2.05) is 6.07 Å². The topological polar surface area (TPSA) is 37.3 Å². The maximum atomic E-state index is 10.7. The largest absolute Gasteiger partial charge is 0.481 e. The Morgan fingerprint density at radius 2 is 1.81 bits per heavy atom. The maximum absolute atomic E-state index is 10.7. The van der Waals surface area contributed by atoms with Gasteiger partial charge in [-0.25, -0.2) is 0 Å². The molecule has 1 fully saturated rings. The quantitative estimate of drug-likeness (QED) is 0.841. The second kappa shape index (κ2) is 4.69. The van der Waals surface area contributed by atoms with Crippen LogP contribution in [0, 0.1) is 0 Å². The van der Waals surface area contributed by atoms with Gasteiger partial charge in [0.15, 0.2) is 0 Å². The van der Waals surface area contributed by atoms with Gasteiger partial charge in [-0.15, -0.1) is 0 Å². The van der Waals surface area contributed by atoms with Crippen LogP contribution in [0.4, 0.5) is 0 Å². The molecule has 0 aromatic heterocycles. The van der Waals surface area contributed by atoms with Gasteiger partial charge in [0.1, 0.15) is 0 Å². The van der Waals surface area contributed by atoms with E-state index in [1.165, 1.54) is 18.4 Å². The smallest absolute Gasteiger partial charge is 0.303 e. The van der Waals surface area contributed by atoms with Crippen LogP contribution in [0.2, 0.25) is 0 Å². The molecule has 0 amide bonds. The molecule has 0 bridgehead atoms. The zero-order chi connectivity index (χ0) is 11.4. The number of carboxylic acids is 1. The van der Waals surface area contributed by atoms with E-state index in [2.05, 4.69) is 24.3 Å². The molecule has 1 N–H and O–H groups in total. The molecule has 0 spiro atoms. The number of hydrogen-bond acceptors (Lipinski definition) is 1. The predicted octanol–water partition coefficient (Wildman–Crippen LogP) is 3.36. The monoisotopic (exact) mass is 218 g/mol. The molecule has 0 heterocycles. The summed E-state index contributed by atoms with van der Waals surface area (Å²) in [6.07, 6.45) is 5.82. The van der Waals surface area contributed by atoms with Gasteiger partial charge in [0, 0.05) is 6.42 Å². The van der Waals surface area contributed by atoms with Gasteiger partial charge >= 0.3 is 5.97 Å². The van der Waals surface area contributed by atoms with Crippen LogP contribution in [0.25, 0.3) is 0 Å². The number of carbonyl (C=O) groups is 1. The summed E-state index contributed by atoms with van der Waals surface area (Å²) in [5.74, 6) is -0.679. The summed E-state index contributed by atoms with van der Waals surface area (Å²) in [6.45, 7) is 0. The zero-order valence-corrected chi connectivity index (χ0v) is 9.48. The van der Waals surface area contributed by atoms with Crippen LogP contribution in [0.5, 0.6) is 0 Å². The molecule has 2 rings (SSSR count). The normalized spacial score (nSPS) is 18.5. The van der Waals surface area contributed by atoms with Crippen molar-refractivity contribution in [2.75, 3.05) is 0 Å². The third-order valence-electron chi connectivity index (χ3n) is 3.76. The third-order valence-corrected chi connectivity index (χ3v) is 3.76. The highest BCUT2D eigenvalue weighted by Gasteiger charge is 2.35. The van der Waals surface area contributed by atoms with E-state index in [9.17, 15) is 4.79 Å². The summed E-state index contributed by atoms with van der Waals surface area (Å²) in [5.41, 5.74) is 1.47. The second-order valence-electron chi connectivity index (χ2n) is 4.75. The van der Waals surface area contributed by atoms with Crippen molar-refractivity contribution in [3.05, 3.63) is 35.9 Å². The molecule has 1 aromatic carbocycles. The van der Waals surface area contributed by atoms with E-state index in [1.54, 1.807) is 0 Å². The van der Waals surface area contributed by atoms with Crippen LogP contribution in [0.15, 0.2) is 30.3 Å². The van der Waals surface area contributed by atoms with Gasteiger partial charge in [-0.05, 0) is 30.2 Å². The maximum Gasteiger partial charge on any atom is 0.303 e. The Kier molecular flexibility index (Phi) is 3.28. The van der Waals surface area contributed by atoms with Crippen molar-refractivity contribution in [3.8, 4) is 0 Å². The molecule has 0 radical (unpaired) electrons. The van der Waals surface area contributed by atoms with Crippen LogP contribution in [0.3, 0.4) is 0 Å². The Labute approximate surface area is 96.3 Å². The molecular weight excluding hydrogens is 200 g/mol. The SMILES string of the molecule is O=C(O)CCC1(c2ccccc2)CCCC1. The average Bonchev–Trinajstić information content (AvgIpc) is 2.78. The first-order chi connectivity index (χ1) is 7.73. The Hall–Kier alpha value is -1.31. The van der Waals surface area contributed by atoms with E-state index >= 15 is 0 Å². The fourth-order valence-corrected chi connectivity index (χ4v) is 2.87. The molecule has 0 atom stereocenters. The van der Waals surface area contributed by atoms with Crippen molar-refractivity contribution in [2.24, 2.45) is 0 Å². The fraction of sp³-hybridized carbons (Fsp3) is 0.500. The molecule has 0 unspecified atom stereocenters. The Morgan fingerprint density at radius 3 is 2.38 bits per heavy atom. The molecule has 2 heteroatoms. The first-order valence-electron chi connectivity index (χ1n) is 6.00. The standard InChI is InChI=1S/C14H18O2/c15-13(16)8-11-14(9-4-5-10-14)12-6-2-1-3-7-12/h1-3,6-7H,4-5,8-11H2,(H,15,16). The number of rotatable bonds is 4. The Bertz CT molecular complexity index is 350. The van der Waals surface area contributed by atoms with Crippen LogP contribution >= 0.6 is 0 Å². The van der Waals surface area contributed by atoms with Crippen molar-refractivity contribution in [3.63, 3.8) is 0 Å². The summed E-state index contributed by atoms with van der Waals surface area (Å²) < 4.78 is 0. The summed E-state index contributed by atoms with van der Waals surface area (Å²) >= 11 is 0. The van der Waals surface area contributed by atoms with Crippen molar-refractivity contribution in [1.29, 1.82) is 0 Å². The van der Waals surface area contributed by atoms with E-state index < -0.39 is 5.97 Å². The molecule has 0 saturated heterocycles. The highest BCUT2D eigenvalue weighted by atomic mass is 16.4. The average molecular weight is 218 g/mol. The molecule has 1 aliphatic rings. The van der Waals surface area contributed by atoms with Crippen molar-refractivity contribution in [1.82, 2.24) is 0 Å². The van der Waals surface area contributed by atoms with Gasteiger partial charge in [-0.2, -0.15) is 0 Å². The Balaban J connectivity index is 2.19. The predicted molar refractivity (Wildman–Crippen MR) is 63.5 cm³/mol. The molecule has 0 aliphatic heterocycles. The number of aliphatic carboxylic acids is 1. The number of benzene rings is 1. The van der Waals surface area contributed by atoms with E-state index in [0.29, 0.717) is 0 Å². The Morgan fingerprint density at radius 1 is 1.19 bits per heavy atom. The number of hydrogen-bond donors (Lipinski definition) is 1. The van der Waals surface area contributed by atoms with Crippen molar-refractivity contribution >= 4 is 5.97 Å². The van der Waals surface area contributed by atoms with Crippen LogP contribution < -0.4 is 0 Å². The van der Waals surface area contributed by atoms with Crippen LogP contribution in [-0.2, 0) is 10.2 Å². The summed E-state index contributed by atoms with van der Waals surface area (Å²) in [6, 6.07) is 10.4. The summed E-state index contributed by atoms with van der Waals surface area (Å²) in [4.78, 5) is 10.7. The minimum Gasteiger partial charge on any atom is -0.481 e. The van der Waals surface area contributed by atoms with E-state index in [0.717, 1.165) is 19.3 Å². The first-order valence-corrected chi connectivity index (χ1v) is 6.00. The zero-order valence-electron chi connectivity index (χ0n) is 9.48. The summed E-state index contributed by atoms with van der Waals surface area (Å²) in [7, 11) is 0. The molecule has 16 heavy (non-hydrogen) atoms. The lowest BCUT2D eigenvalue weighted by Gasteiger charge is -2.29. The first kappa shape index (κ1) is 11.2. The highest BCUT2D eigenvalue weighted by molar-refractivity contribution is 5.66. The van der Waals surface area contributed by atoms with Gasteiger partial charge in [-0.3, -0.25) is 4.79 Å². The highest BCUT2D eigenvalue weighted by Crippen LogP contribution is 2.44. The summed E-state index contributed by atoms with van der Waals surface area (Å²) in [5, 5.41) is 8.84. The van der Waals surface area contributed by atoms with E-state index in [4.69, 9.17) is 5.11 Å². The van der Waals surface area contributed by atoms with Crippen LogP contribution in [0.1, 0.15) is 44.1 Å². The lowest BCUT2D eigenvalue weighted by molar-refractivity contribution is -0.137. The van der Waals surface area contributed by atoms with Gasteiger partial charge in [-0.1, -0.05) is 43.2 Å². The molecule has 1 aromatic rings. The van der Waals surface area contributed by atoms with Gasteiger partial charge in [0.25, 0.3) is 0 Å². The molecule has 1 saturated carbocycles. The van der Waals surface area contributed by atoms with Crippen LogP contribution in [-0.4, -0.2) is 11.1 Å². The third kappa shape index (κ3) is 2.26. The van der Waals surface area contributed by atoms with Gasteiger partial charge in [0.2, 0.25) is 0 Å². The lowest BCUT2D eigenvalue weighted by Crippen LogP contribution is -2.23. The lowest BCUT2D eigenvalue weighted by atomic mass is 9.75. The molecular formula is C14H18O2. The van der Waals surface area contributed by atoms with E-state index in [-0.39, 0.29) is 11.8 Å². The second-order valence-corrected chi connectivity index (χ2v) is 4.75. The molecule has 86 valence electrons. The fourth-order valence-electron chi connectivity index (χ4n) is 2.87. The number of carboxylic acid groups (broad SMARTS) is 1. The minimum atomic E-state index is -0.679. The van der Waals surface area contributed by atoms with Gasteiger partial charge < -0.3 is 5.11 Å².